The average Bonchev–Trinajstić information content (AvgIpc) is 2.18. The molecule has 0 saturated heterocycles. The van der Waals surface area contributed by atoms with Gasteiger partial charge in [0.05, 0.1) is 6.04 Å². The van der Waals surface area contributed by atoms with Gasteiger partial charge in [-0.25, -0.2) is 0 Å². The van der Waals surface area contributed by atoms with Gasteiger partial charge in [0.2, 0.25) is 0 Å². The molecule has 0 saturated carbocycles. The highest BCUT2D eigenvalue weighted by atomic mass is 14.9. The Morgan fingerprint density at radius 2 is 1.93 bits per heavy atom. The number of benzene rings is 1. The summed E-state index contributed by atoms with van der Waals surface area (Å²) in [6.07, 6.45) is 2.27. The molecule has 1 unspecified atom stereocenters. The molecule has 1 N–H and O–H groups in total. The monoisotopic (exact) mass is 203 g/mol. The summed E-state index contributed by atoms with van der Waals surface area (Å²) in [7, 11) is 2.01. The number of aryl methyl sites for hydroxylation is 2. The zero-order chi connectivity index (χ0) is 11.4. The molecule has 0 amide bonds. The first-order chi connectivity index (χ1) is 7.04. The Morgan fingerprint density at radius 1 is 1.27 bits per heavy atom. The molecule has 15 heavy (non-hydrogen) atoms. The van der Waals surface area contributed by atoms with E-state index in [-0.39, 0.29) is 0 Å². The van der Waals surface area contributed by atoms with Crippen LogP contribution in [0.2, 0.25) is 0 Å². The van der Waals surface area contributed by atoms with Crippen molar-refractivity contribution in [3.63, 3.8) is 0 Å². The van der Waals surface area contributed by atoms with Gasteiger partial charge in [0, 0.05) is 0 Å². The van der Waals surface area contributed by atoms with Crippen LogP contribution in [0, 0.1) is 13.8 Å². The molecule has 0 fully saturated rings. The molecule has 0 heterocycles. The van der Waals surface area contributed by atoms with Crippen LogP contribution in [0.3, 0.4) is 0 Å². The van der Waals surface area contributed by atoms with E-state index in [0.29, 0.717) is 6.04 Å². The van der Waals surface area contributed by atoms with Crippen molar-refractivity contribution in [1.82, 2.24) is 5.32 Å². The minimum absolute atomic E-state index is 0.329. The van der Waals surface area contributed by atoms with E-state index in [4.69, 9.17) is 0 Å². The second-order valence-electron chi connectivity index (χ2n) is 4.37. The van der Waals surface area contributed by atoms with Crippen molar-refractivity contribution in [2.45, 2.75) is 33.7 Å². The summed E-state index contributed by atoms with van der Waals surface area (Å²) >= 11 is 0. The Bertz CT molecular complexity index is 360. The van der Waals surface area contributed by atoms with E-state index >= 15 is 0 Å². The Kier molecular flexibility index (Phi) is 4.10. The number of hydrogen-bond donors (Lipinski definition) is 1. The lowest BCUT2D eigenvalue weighted by molar-refractivity contribution is 0.705. The van der Waals surface area contributed by atoms with Crippen LogP contribution in [0.4, 0.5) is 0 Å². The predicted molar refractivity (Wildman–Crippen MR) is 67.1 cm³/mol. The van der Waals surface area contributed by atoms with Crippen LogP contribution in [0.25, 0.3) is 0 Å². The van der Waals surface area contributed by atoms with E-state index in [1.54, 1.807) is 0 Å². The van der Waals surface area contributed by atoms with Crippen molar-refractivity contribution in [2.75, 3.05) is 7.05 Å². The molecule has 0 aliphatic rings. The van der Waals surface area contributed by atoms with Gasteiger partial charge >= 0.3 is 0 Å². The van der Waals surface area contributed by atoms with Gasteiger partial charge in [-0.2, -0.15) is 0 Å². The van der Waals surface area contributed by atoms with Crippen molar-refractivity contribution in [3.05, 3.63) is 46.5 Å². The summed E-state index contributed by atoms with van der Waals surface area (Å²) in [5.74, 6) is 0. The first-order valence-corrected chi connectivity index (χ1v) is 5.44. The van der Waals surface area contributed by atoms with E-state index in [1.807, 2.05) is 7.05 Å². The Morgan fingerprint density at radius 3 is 2.47 bits per heavy atom. The molecule has 0 bridgehead atoms. The number of hydrogen-bond acceptors (Lipinski definition) is 1. The molecule has 1 rings (SSSR count). The Hall–Kier alpha value is -1.08. The summed E-state index contributed by atoms with van der Waals surface area (Å²) in [5.41, 5.74) is 5.38. The van der Waals surface area contributed by atoms with E-state index < -0.39 is 0 Å². The Balaban J connectivity index is 3.11. The van der Waals surface area contributed by atoms with Gasteiger partial charge in [-0.15, -0.1) is 0 Å². The van der Waals surface area contributed by atoms with Crippen molar-refractivity contribution in [2.24, 2.45) is 0 Å². The second kappa shape index (κ2) is 5.13. The quantitative estimate of drug-likeness (QED) is 0.741. The highest BCUT2D eigenvalue weighted by Gasteiger charge is 2.08. The van der Waals surface area contributed by atoms with Gasteiger partial charge in [0.1, 0.15) is 0 Å². The lowest BCUT2D eigenvalue weighted by Gasteiger charge is -2.16. The molecule has 1 aromatic carbocycles. The maximum absolute atomic E-state index is 3.34. The van der Waals surface area contributed by atoms with Gasteiger partial charge in [-0.05, 0) is 45.9 Å². The fourth-order valence-electron chi connectivity index (χ4n) is 1.76. The minimum Gasteiger partial charge on any atom is -0.310 e. The smallest absolute Gasteiger partial charge is 0.0508 e. The molecule has 0 aliphatic heterocycles. The first-order valence-electron chi connectivity index (χ1n) is 5.44. The van der Waals surface area contributed by atoms with Crippen LogP contribution in [-0.2, 0) is 0 Å². The summed E-state index contributed by atoms with van der Waals surface area (Å²) in [4.78, 5) is 0. The fourth-order valence-corrected chi connectivity index (χ4v) is 1.76. The maximum Gasteiger partial charge on any atom is 0.0508 e. The summed E-state index contributed by atoms with van der Waals surface area (Å²) in [5, 5.41) is 3.34. The molecular formula is C14H21N. The van der Waals surface area contributed by atoms with E-state index in [9.17, 15) is 0 Å². The largest absolute Gasteiger partial charge is 0.310 e. The SMILES string of the molecule is CNC(C=C(C)C)c1cc(C)ccc1C. The number of rotatable bonds is 3. The second-order valence-corrected chi connectivity index (χ2v) is 4.37. The molecule has 0 aromatic heterocycles. The van der Waals surface area contributed by atoms with Gasteiger partial charge in [-0.3, -0.25) is 0 Å². The number of nitrogens with one attached hydrogen (secondary N) is 1. The van der Waals surface area contributed by atoms with Crippen LogP contribution in [-0.4, -0.2) is 7.05 Å². The van der Waals surface area contributed by atoms with Crippen LogP contribution in [0.1, 0.15) is 36.6 Å². The van der Waals surface area contributed by atoms with Crippen molar-refractivity contribution < 1.29 is 0 Å². The zero-order valence-electron chi connectivity index (χ0n) is 10.4. The van der Waals surface area contributed by atoms with Crippen LogP contribution >= 0.6 is 0 Å². The molecule has 1 aromatic rings. The molecule has 1 nitrogen and oxygen atoms in total. The summed E-state index contributed by atoms with van der Waals surface area (Å²) in [6, 6.07) is 6.94. The van der Waals surface area contributed by atoms with Gasteiger partial charge in [0.15, 0.2) is 0 Å². The van der Waals surface area contributed by atoms with Gasteiger partial charge < -0.3 is 5.32 Å². The lowest BCUT2D eigenvalue weighted by atomic mass is 9.98. The van der Waals surface area contributed by atoms with Crippen molar-refractivity contribution in [3.8, 4) is 0 Å². The molecule has 0 aliphatic carbocycles. The van der Waals surface area contributed by atoms with E-state index in [0.717, 1.165) is 0 Å². The lowest BCUT2D eigenvalue weighted by Crippen LogP contribution is -2.15. The Labute approximate surface area is 93.2 Å². The predicted octanol–water partition coefficient (Wildman–Crippen LogP) is 3.53. The molecule has 1 atom stereocenters. The normalized spacial score (nSPS) is 12.3. The topological polar surface area (TPSA) is 12.0 Å². The van der Waals surface area contributed by atoms with Crippen LogP contribution in [0.15, 0.2) is 29.8 Å². The molecule has 82 valence electrons. The summed E-state index contributed by atoms with van der Waals surface area (Å²) < 4.78 is 0. The minimum atomic E-state index is 0.329. The number of allylic oxidation sites excluding steroid dienone is 1. The first kappa shape index (κ1) is 12.0. The molecule has 0 spiro atoms. The standard InChI is InChI=1S/C14H21N/c1-10(2)8-14(15-5)13-9-11(3)6-7-12(13)4/h6-9,14-15H,1-5H3. The third-order valence-corrected chi connectivity index (χ3v) is 2.58. The summed E-state index contributed by atoms with van der Waals surface area (Å²) in [6.45, 7) is 8.57. The van der Waals surface area contributed by atoms with E-state index in [2.05, 4.69) is 57.3 Å². The fraction of sp³-hybridized carbons (Fsp3) is 0.429. The molecular weight excluding hydrogens is 182 g/mol. The third-order valence-electron chi connectivity index (χ3n) is 2.58. The van der Waals surface area contributed by atoms with E-state index in [1.165, 1.54) is 22.3 Å². The number of likely N-dealkylation sites (N-methyl/N-ethyl adjacent to an activating group) is 1. The van der Waals surface area contributed by atoms with Crippen LogP contribution in [0.5, 0.6) is 0 Å². The van der Waals surface area contributed by atoms with Crippen LogP contribution < -0.4 is 5.32 Å². The van der Waals surface area contributed by atoms with Gasteiger partial charge in [0.25, 0.3) is 0 Å². The highest BCUT2D eigenvalue weighted by molar-refractivity contribution is 5.35. The zero-order valence-corrected chi connectivity index (χ0v) is 10.4. The molecule has 0 radical (unpaired) electrons. The average molecular weight is 203 g/mol. The van der Waals surface area contributed by atoms with Gasteiger partial charge in [-0.1, -0.05) is 35.4 Å². The van der Waals surface area contributed by atoms with Crippen molar-refractivity contribution >= 4 is 0 Å². The highest BCUT2D eigenvalue weighted by Crippen LogP contribution is 2.21. The molecule has 1 heteroatoms. The maximum atomic E-state index is 3.34. The van der Waals surface area contributed by atoms with Crippen molar-refractivity contribution in [1.29, 1.82) is 0 Å². The third kappa shape index (κ3) is 3.21.